The summed E-state index contributed by atoms with van der Waals surface area (Å²) >= 11 is 0. The highest BCUT2D eigenvalue weighted by atomic mass is 32.2. The van der Waals surface area contributed by atoms with E-state index in [0.717, 1.165) is 24.3 Å². The maximum Gasteiger partial charge on any atom is 0.416 e. The first-order valence-electron chi connectivity index (χ1n) is 13.3. The summed E-state index contributed by atoms with van der Waals surface area (Å²) in [5.41, 5.74) is -1.55. The van der Waals surface area contributed by atoms with E-state index in [2.05, 4.69) is 4.72 Å². The lowest BCUT2D eigenvalue weighted by molar-refractivity contribution is -0.137. The van der Waals surface area contributed by atoms with E-state index in [1.54, 1.807) is 0 Å². The first-order chi connectivity index (χ1) is 19.1. The van der Waals surface area contributed by atoms with Crippen molar-refractivity contribution in [1.82, 2.24) is 9.62 Å². The summed E-state index contributed by atoms with van der Waals surface area (Å²) in [5, 5.41) is -0.841. The van der Waals surface area contributed by atoms with Gasteiger partial charge >= 0.3 is 6.18 Å². The number of benzene rings is 2. The number of hydrogen-bond acceptors (Lipinski definition) is 6. The second-order valence-electron chi connectivity index (χ2n) is 11.3. The van der Waals surface area contributed by atoms with Crippen LogP contribution in [0.15, 0.2) is 41.3 Å². The SMILES string of the molecule is CN(C)CCC[C@@H]1CC2[C@@H](CC[C@@]3(S(=O)(=O)c4ccc(C(F)(F)F)cc4)c4c(F)ccc(F)c4OC[C@@H]23)NS1(=O)=O. The minimum atomic E-state index is -4.71. The molecule has 0 spiro atoms. The Morgan fingerprint density at radius 2 is 1.73 bits per heavy atom. The van der Waals surface area contributed by atoms with E-state index >= 15 is 4.39 Å². The predicted octanol–water partition coefficient (Wildman–Crippen LogP) is 4.47. The van der Waals surface area contributed by atoms with Crippen molar-refractivity contribution in [2.24, 2.45) is 11.8 Å². The molecule has 14 heteroatoms. The van der Waals surface area contributed by atoms with Gasteiger partial charge in [0.1, 0.15) is 10.6 Å². The number of ether oxygens (including phenoxy) is 1. The molecule has 1 saturated carbocycles. The number of halogens is 5. The molecule has 2 aliphatic heterocycles. The fraction of sp³-hybridized carbons (Fsp3) is 0.556. The highest BCUT2D eigenvalue weighted by molar-refractivity contribution is 7.92. The molecule has 0 aromatic heterocycles. The summed E-state index contributed by atoms with van der Waals surface area (Å²) in [6, 6.07) is 3.92. The van der Waals surface area contributed by atoms with E-state index in [1.165, 1.54) is 0 Å². The van der Waals surface area contributed by atoms with Crippen molar-refractivity contribution in [2.75, 3.05) is 27.2 Å². The van der Waals surface area contributed by atoms with Crippen LogP contribution in [0.25, 0.3) is 0 Å². The van der Waals surface area contributed by atoms with E-state index in [0.29, 0.717) is 31.5 Å². The Bertz CT molecular complexity index is 1530. The summed E-state index contributed by atoms with van der Waals surface area (Å²) in [4.78, 5) is 1.45. The van der Waals surface area contributed by atoms with E-state index in [9.17, 15) is 34.4 Å². The van der Waals surface area contributed by atoms with Crippen molar-refractivity contribution >= 4 is 19.9 Å². The molecule has 5 rings (SSSR count). The second kappa shape index (κ2) is 10.5. The zero-order chi connectivity index (χ0) is 30.0. The molecule has 5 atom stereocenters. The Balaban J connectivity index is 1.64. The van der Waals surface area contributed by atoms with Crippen molar-refractivity contribution in [1.29, 1.82) is 0 Å². The van der Waals surface area contributed by atoms with E-state index < -0.39 is 87.3 Å². The minimum absolute atomic E-state index is 0.0000719. The number of sulfone groups is 1. The zero-order valence-corrected chi connectivity index (χ0v) is 24.1. The van der Waals surface area contributed by atoms with Gasteiger partial charge in [0.25, 0.3) is 0 Å². The maximum atomic E-state index is 15.6. The normalized spacial score (nSPS) is 29.3. The quantitative estimate of drug-likeness (QED) is 0.478. The molecule has 2 aromatic carbocycles. The van der Waals surface area contributed by atoms with Crippen LogP contribution in [0.5, 0.6) is 5.75 Å². The van der Waals surface area contributed by atoms with Crippen LogP contribution in [0.4, 0.5) is 22.0 Å². The van der Waals surface area contributed by atoms with Crippen molar-refractivity contribution in [3.8, 4) is 5.75 Å². The monoisotopic (exact) mass is 622 g/mol. The molecular formula is C27H31F5N2O5S2. The van der Waals surface area contributed by atoms with E-state index in [1.807, 2.05) is 19.0 Å². The molecule has 1 saturated heterocycles. The van der Waals surface area contributed by atoms with Crippen molar-refractivity contribution in [2.45, 2.75) is 59.2 Å². The van der Waals surface area contributed by atoms with Gasteiger partial charge in [-0.25, -0.2) is 30.3 Å². The molecule has 0 radical (unpaired) electrons. The summed E-state index contributed by atoms with van der Waals surface area (Å²) in [6.07, 6.45) is -4.04. The number of nitrogens with one attached hydrogen (secondary N) is 1. The molecule has 3 aliphatic rings. The van der Waals surface area contributed by atoms with Gasteiger partial charge in [0, 0.05) is 12.0 Å². The fourth-order valence-corrected chi connectivity index (χ4v) is 11.1. The van der Waals surface area contributed by atoms with Crippen LogP contribution in [0.2, 0.25) is 0 Å². The largest absolute Gasteiger partial charge is 0.490 e. The Morgan fingerprint density at radius 3 is 2.37 bits per heavy atom. The average Bonchev–Trinajstić information content (AvgIpc) is 2.89. The topological polar surface area (TPSA) is 92.8 Å². The van der Waals surface area contributed by atoms with E-state index in [4.69, 9.17) is 4.74 Å². The number of hydrogen-bond donors (Lipinski definition) is 1. The molecule has 2 aromatic rings. The highest BCUT2D eigenvalue weighted by Crippen LogP contribution is 2.59. The summed E-state index contributed by atoms with van der Waals surface area (Å²) in [6.45, 7) is 0.303. The molecule has 1 N–H and O–H groups in total. The average molecular weight is 623 g/mol. The Morgan fingerprint density at radius 1 is 1.07 bits per heavy atom. The van der Waals surface area contributed by atoms with Crippen LogP contribution in [-0.2, 0) is 30.8 Å². The standard InChI is InChI=1S/C27H31F5N2O5S2/c1-34(2)13-3-4-18-14-19-20-15-39-25-22(29)10-9-21(28)24(25)26(20,12-11-23(19)33-41(18,37)38)40(35,36)17-7-5-16(6-8-17)27(30,31)32/h5-10,18-20,23,33H,3-4,11-15H2,1-2H3/t18-,19?,20+,23-,26+/m1/s1. The maximum absolute atomic E-state index is 15.6. The molecule has 41 heavy (non-hydrogen) atoms. The van der Waals surface area contributed by atoms with Crippen LogP contribution in [0.3, 0.4) is 0 Å². The summed E-state index contributed by atoms with van der Waals surface area (Å²) in [5.74, 6) is -4.14. The zero-order valence-electron chi connectivity index (χ0n) is 22.4. The van der Waals surface area contributed by atoms with Crippen molar-refractivity contribution in [3.63, 3.8) is 0 Å². The van der Waals surface area contributed by atoms with Gasteiger partial charge in [-0.3, -0.25) is 0 Å². The molecule has 2 fully saturated rings. The van der Waals surface area contributed by atoms with Gasteiger partial charge in [-0.1, -0.05) is 0 Å². The molecule has 0 amide bonds. The summed E-state index contributed by atoms with van der Waals surface area (Å²) in [7, 11) is -4.68. The minimum Gasteiger partial charge on any atom is -0.490 e. The number of rotatable bonds is 6. The van der Waals surface area contributed by atoms with Gasteiger partial charge in [0.05, 0.1) is 27.9 Å². The van der Waals surface area contributed by atoms with Gasteiger partial charge in [-0.2, -0.15) is 13.2 Å². The van der Waals surface area contributed by atoms with E-state index in [-0.39, 0.29) is 25.9 Å². The van der Waals surface area contributed by atoms with Crippen LogP contribution >= 0.6 is 0 Å². The smallest absolute Gasteiger partial charge is 0.416 e. The number of sulfonamides is 1. The second-order valence-corrected chi connectivity index (χ2v) is 15.5. The lowest BCUT2D eigenvalue weighted by Gasteiger charge is -2.55. The van der Waals surface area contributed by atoms with Gasteiger partial charge < -0.3 is 9.64 Å². The molecule has 7 nitrogen and oxygen atoms in total. The predicted molar refractivity (Wildman–Crippen MR) is 140 cm³/mol. The third-order valence-electron chi connectivity index (χ3n) is 8.74. The summed E-state index contributed by atoms with van der Waals surface area (Å²) < 4.78 is 132. The fourth-order valence-electron chi connectivity index (χ4n) is 6.83. The lowest BCUT2D eigenvalue weighted by Crippen LogP contribution is -2.63. The van der Waals surface area contributed by atoms with Gasteiger partial charge in [-0.05, 0) is 95.1 Å². The Kier molecular flexibility index (Phi) is 7.70. The van der Waals surface area contributed by atoms with Gasteiger partial charge in [0.15, 0.2) is 21.4 Å². The van der Waals surface area contributed by atoms with Crippen LogP contribution < -0.4 is 9.46 Å². The molecular weight excluding hydrogens is 591 g/mol. The molecule has 1 unspecified atom stereocenters. The first kappa shape index (κ1) is 30.2. The lowest BCUT2D eigenvalue weighted by atomic mass is 9.64. The molecule has 2 heterocycles. The third-order valence-corrected chi connectivity index (χ3v) is 13.2. The van der Waals surface area contributed by atoms with Crippen molar-refractivity contribution < 1.29 is 43.5 Å². The Labute approximate surface area is 236 Å². The first-order valence-corrected chi connectivity index (χ1v) is 16.3. The van der Waals surface area contributed by atoms with Crippen LogP contribution in [-0.4, -0.2) is 60.3 Å². The van der Waals surface area contributed by atoms with Crippen molar-refractivity contribution in [3.05, 3.63) is 59.2 Å². The highest BCUT2D eigenvalue weighted by Gasteiger charge is 2.64. The Hall–Kier alpha value is -2.29. The van der Waals surface area contributed by atoms with Gasteiger partial charge in [0.2, 0.25) is 10.0 Å². The van der Waals surface area contributed by atoms with Crippen LogP contribution in [0, 0.1) is 23.5 Å². The molecule has 226 valence electrons. The van der Waals surface area contributed by atoms with Gasteiger partial charge in [-0.15, -0.1) is 0 Å². The number of fused-ring (bicyclic) bond motifs is 5. The molecule has 0 bridgehead atoms. The third kappa shape index (κ3) is 5.04. The number of nitrogens with zero attached hydrogens (tertiary/aromatic N) is 1. The molecule has 1 aliphatic carbocycles. The number of alkyl halides is 3. The van der Waals surface area contributed by atoms with Crippen LogP contribution in [0.1, 0.15) is 43.2 Å².